The lowest BCUT2D eigenvalue weighted by Crippen LogP contribution is -2.30. The molecular formula is C19H20N4S. The van der Waals surface area contributed by atoms with Gasteiger partial charge < -0.3 is 5.73 Å². The Balaban J connectivity index is 1.52. The van der Waals surface area contributed by atoms with E-state index in [4.69, 9.17) is 10.7 Å². The molecule has 0 aliphatic carbocycles. The van der Waals surface area contributed by atoms with Gasteiger partial charge in [-0.1, -0.05) is 0 Å². The fraction of sp³-hybridized carbons (Fsp3) is 0.263. The fourth-order valence-electron chi connectivity index (χ4n) is 3.07. The van der Waals surface area contributed by atoms with Gasteiger partial charge in [0.25, 0.3) is 0 Å². The van der Waals surface area contributed by atoms with Gasteiger partial charge in [-0.25, -0.2) is 9.97 Å². The Bertz CT molecular complexity index is 854. The molecule has 0 radical (unpaired) electrons. The van der Waals surface area contributed by atoms with Crippen molar-refractivity contribution in [1.82, 2.24) is 14.9 Å². The second-order valence-corrected chi connectivity index (χ2v) is 7.63. The predicted octanol–water partition coefficient (Wildman–Crippen LogP) is 3.65. The van der Waals surface area contributed by atoms with Crippen LogP contribution < -0.4 is 5.73 Å². The predicted molar refractivity (Wildman–Crippen MR) is 98.8 cm³/mol. The lowest BCUT2D eigenvalue weighted by molar-refractivity contribution is 0.245. The van der Waals surface area contributed by atoms with Gasteiger partial charge in [0.2, 0.25) is 0 Å². The number of hydrogen-bond donors (Lipinski definition) is 1. The molecule has 0 atom stereocenters. The van der Waals surface area contributed by atoms with E-state index >= 15 is 0 Å². The summed E-state index contributed by atoms with van der Waals surface area (Å²) in [6.07, 6.45) is 2.96. The standard InChI is InChI=1S/C19H20N4S/c1-13-2-7-17(24-13)12-23-9-8-18-15(11-23)10-21-19(22-18)14-3-5-16(20)6-4-14/h2-7,10H,8-9,11-12,20H2,1H3. The molecule has 1 aromatic carbocycles. The number of aryl methyl sites for hydroxylation is 1. The molecule has 122 valence electrons. The summed E-state index contributed by atoms with van der Waals surface area (Å²) >= 11 is 1.88. The molecule has 2 N–H and O–H groups in total. The van der Waals surface area contributed by atoms with Crippen LogP contribution in [-0.2, 0) is 19.5 Å². The van der Waals surface area contributed by atoms with Crippen molar-refractivity contribution in [2.75, 3.05) is 12.3 Å². The summed E-state index contributed by atoms with van der Waals surface area (Å²) in [5, 5.41) is 0. The highest BCUT2D eigenvalue weighted by Crippen LogP contribution is 2.24. The van der Waals surface area contributed by atoms with E-state index in [2.05, 4.69) is 28.9 Å². The molecule has 0 fully saturated rings. The average Bonchev–Trinajstić information content (AvgIpc) is 3.00. The van der Waals surface area contributed by atoms with Crippen molar-refractivity contribution in [3.8, 4) is 11.4 Å². The first-order valence-electron chi connectivity index (χ1n) is 8.16. The molecule has 1 aliphatic rings. The Labute approximate surface area is 146 Å². The van der Waals surface area contributed by atoms with Crippen LogP contribution in [0.25, 0.3) is 11.4 Å². The first kappa shape index (κ1) is 15.3. The first-order valence-corrected chi connectivity index (χ1v) is 8.97. The van der Waals surface area contributed by atoms with Crippen LogP contribution in [-0.4, -0.2) is 21.4 Å². The minimum absolute atomic E-state index is 0.760. The number of nitrogens with zero attached hydrogens (tertiary/aromatic N) is 3. The molecule has 3 aromatic rings. The summed E-state index contributed by atoms with van der Waals surface area (Å²) < 4.78 is 0. The smallest absolute Gasteiger partial charge is 0.159 e. The van der Waals surface area contributed by atoms with Gasteiger partial charge in [0.15, 0.2) is 5.82 Å². The van der Waals surface area contributed by atoms with Crippen LogP contribution in [0.5, 0.6) is 0 Å². The Morgan fingerprint density at radius 3 is 2.75 bits per heavy atom. The number of nitrogen functional groups attached to an aromatic ring is 1. The maximum absolute atomic E-state index is 5.75. The van der Waals surface area contributed by atoms with Crippen molar-refractivity contribution in [1.29, 1.82) is 0 Å². The minimum Gasteiger partial charge on any atom is -0.399 e. The van der Waals surface area contributed by atoms with E-state index in [1.165, 1.54) is 21.0 Å². The van der Waals surface area contributed by atoms with E-state index in [1.54, 1.807) is 0 Å². The lowest BCUT2D eigenvalue weighted by Gasteiger charge is -2.27. The number of fused-ring (bicyclic) bond motifs is 1. The molecule has 2 aromatic heterocycles. The highest BCUT2D eigenvalue weighted by atomic mass is 32.1. The van der Waals surface area contributed by atoms with Gasteiger partial charge in [-0.15, -0.1) is 11.3 Å². The SMILES string of the molecule is Cc1ccc(CN2CCc3nc(-c4ccc(N)cc4)ncc3C2)s1. The number of hydrogen-bond acceptors (Lipinski definition) is 5. The van der Waals surface area contributed by atoms with Crippen LogP contribution in [0.4, 0.5) is 5.69 Å². The van der Waals surface area contributed by atoms with Crippen molar-refractivity contribution < 1.29 is 0 Å². The first-order chi connectivity index (χ1) is 11.7. The number of rotatable bonds is 3. The van der Waals surface area contributed by atoms with Crippen molar-refractivity contribution in [3.05, 3.63) is 63.6 Å². The third kappa shape index (κ3) is 3.18. The van der Waals surface area contributed by atoms with Crippen molar-refractivity contribution in [3.63, 3.8) is 0 Å². The van der Waals surface area contributed by atoms with E-state index in [-0.39, 0.29) is 0 Å². The molecule has 0 amide bonds. The van der Waals surface area contributed by atoms with Gasteiger partial charge in [0.1, 0.15) is 0 Å². The summed E-state index contributed by atoms with van der Waals surface area (Å²) in [6, 6.07) is 12.2. The maximum Gasteiger partial charge on any atom is 0.159 e. The maximum atomic E-state index is 5.75. The highest BCUT2D eigenvalue weighted by molar-refractivity contribution is 7.11. The molecule has 0 bridgehead atoms. The monoisotopic (exact) mass is 336 g/mol. The third-order valence-corrected chi connectivity index (χ3v) is 5.34. The van der Waals surface area contributed by atoms with Crippen LogP contribution in [0, 0.1) is 6.92 Å². The van der Waals surface area contributed by atoms with E-state index in [0.717, 1.165) is 43.1 Å². The van der Waals surface area contributed by atoms with E-state index in [1.807, 2.05) is 41.8 Å². The Morgan fingerprint density at radius 2 is 2.00 bits per heavy atom. The molecule has 0 saturated heterocycles. The number of thiophene rings is 1. The molecule has 0 saturated carbocycles. The van der Waals surface area contributed by atoms with Gasteiger partial charge in [0.05, 0.1) is 5.69 Å². The number of benzene rings is 1. The second kappa shape index (κ2) is 6.34. The second-order valence-electron chi connectivity index (χ2n) is 6.26. The molecule has 0 spiro atoms. The lowest BCUT2D eigenvalue weighted by atomic mass is 10.1. The van der Waals surface area contributed by atoms with E-state index < -0.39 is 0 Å². The van der Waals surface area contributed by atoms with Crippen molar-refractivity contribution in [2.45, 2.75) is 26.4 Å². The zero-order valence-corrected chi connectivity index (χ0v) is 14.5. The van der Waals surface area contributed by atoms with E-state index in [9.17, 15) is 0 Å². The summed E-state index contributed by atoms with van der Waals surface area (Å²) in [4.78, 5) is 14.6. The summed E-state index contributed by atoms with van der Waals surface area (Å²) in [6.45, 7) is 5.14. The molecule has 4 rings (SSSR count). The molecule has 4 nitrogen and oxygen atoms in total. The zero-order valence-electron chi connectivity index (χ0n) is 13.7. The number of anilines is 1. The van der Waals surface area contributed by atoms with Gasteiger partial charge in [0, 0.05) is 58.8 Å². The van der Waals surface area contributed by atoms with Crippen LogP contribution >= 0.6 is 11.3 Å². The van der Waals surface area contributed by atoms with Crippen molar-refractivity contribution >= 4 is 17.0 Å². The quantitative estimate of drug-likeness (QED) is 0.742. The molecule has 5 heteroatoms. The molecule has 3 heterocycles. The summed E-state index contributed by atoms with van der Waals surface area (Å²) in [7, 11) is 0. The fourth-order valence-corrected chi connectivity index (χ4v) is 4.00. The topological polar surface area (TPSA) is 55.0 Å². The van der Waals surface area contributed by atoms with Crippen LogP contribution in [0.1, 0.15) is 21.0 Å². The molecule has 0 unspecified atom stereocenters. The molecule has 1 aliphatic heterocycles. The minimum atomic E-state index is 0.760. The third-order valence-electron chi connectivity index (χ3n) is 4.36. The summed E-state index contributed by atoms with van der Waals surface area (Å²) in [5.74, 6) is 0.788. The van der Waals surface area contributed by atoms with Gasteiger partial charge >= 0.3 is 0 Å². The normalized spacial score (nSPS) is 14.5. The Kier molecular flexibility index (Phi) is 4.04. The van der Waals surface area contributed by atoms with Crippen molar-refractivity contribution in [2.24, 2.45) is 0 Å². The van der Waals surface area contributed by atoms with Gasteiger partial charge in [-0.05, 0) is 43.3 Å². The van der Waals surface area contributed by atoms with Crippen LogP contribution in [0.2, 0.25) is 0 Å². The van der Waals surface area contributed by atoms with E-state index in [0.29, 0.717) is 0 Å². The zero-order chi connectivity index (χ0) is 16.5. The largest absolute Gasteiger partial charge is 0.399 e. The van der Waals surface area contributed by atoms with Crippen LogP contribution in [0.15, 0.2) is 42.6 Å². The Morgan fingerprint density at radius 1 is 1.17 bits per heavy atom. The Hall–Kier alpha value is -2.24. The highest BCUT2D eigenvalue weighted by Gasteiger charge is 2.19. The molecular weight excluding hydrogens is 316 g/mol. The number of nitrogens with two attached hydrogens (primary N) is 1. The average molecular weight is 336 g/mol. The van der Waals surface area contributed by atoms with Gasteiger partial charge in [-0.2, -0.15) is 0 Å². The number of aromatic nitrogens is 2. The van der Waals surface area contributed by atoms with Crippen LogP contribution in [0.3, 0.4) is 0 Å². The molecule has 24 heavy (non-hydrogen) atoms. The summed E-state index contributed by atoms with van der Waals surface area (Å²) in [5.41, 5.74) is 9.95. The van der Waals surface area contributed by atoms with Gasteiger partial charge in [-0.3, -0.25) is 4.90 Å².